The van der Waals surface area contributed by atoms with Crippen molar-refractivity contribution in [1.82, 2.24) is 9.97 Å². The van der Waals surface area contributed by atoms with Crippen LogP contribution in [0.3, 0.4) is 0 Å². The first-order valence-electron chi connectivity index (χ1n) is 6.62. The molecule has 0 saturated heterocycles. The number of alkyl halides is 3. The Kier molecular flexibility index (Phi) is 3.45. The fourth-order valence-corrected chi connectivity index (χ4v) is 2.23. The molecule has 3 aromatic rings. The molecular formula is C16H10F3N3O. The molecular weight excluding hydrogens is 307 g/mol. The average Bonchev–Trinajstić information content (AvgIpc) is 2.89. The molecule has 0 spiro atoms. The highest BCUT2D eigenvalue weighted by Gasteiger charge is 2.30. The van der Waals surface area contributed by atoms with E-state index in [2.05, 4.69) is 16.0 Å². The van der Waals surface area contributed by atoms with Crippen LogP contribution < -0.4 is 4.74 Å². The van der Waals surface area contributed by atoms with E-state index in [4.69, 9.17) is 10.00 Å². The van der Waals surface area contributed by atoms with Crippen molar-refractivity contribution in [3.8, 4) is 17.7 Å². The van der Waals surface area contributed by atoms with Gasteiger partial charge in [-0.05, 0) is 31.2 Å². The predicted octanol–water partition coefficient (Wildman–Crippen LogP) is 4.55. The number of fused-ring (bicyclic) bond motifs is 1. The molecule has 116 valence electrons. The summed E-state index contributed by atoms with van der Waals surface area (Å²) in [6.45, 7) is 1.83. The van der Waals surface area contributed by atoms with Gasteiger partial charge in [0.25, 0.3) is 0 Å². The number of pyridine rings is 1. The largest absolute Gasteiger partial charge is 0.438 e. The van der Waals surface area contributed by atoms with Crippen LogP contribution in [-0.4, -0.2) is 9.97 Å². The number of aromatic amines is 1. The molecule has 1 aromatic carbocycles. The van der Waals surface area contributed by atoms with Crippen LogP contribution in [0.5, 0.6) is 11.6 Å². The van der Waals surface area contributed by atoms with E-state index in [1.54, 1.807) is 18.2 Å². The number of hydrogen-bond acceptors (Lipinski definition) is 3. The normalized spacial score (nSPS) is 11.4. The number of halogens is 3. The molecule has 23 heavy (non-hydrogen) atoms. The molecule has 0 bridgehead atoms. The Bertz CT molecular complexity index is 905. The monoisotopic (exact) mass is 317 g/mol. The Morgan fingerprint density at radius 3 is 2.61 bits per heavy atom. The average molecular weight is 317 g/mol. The zero-order valence-electron chi connectivity index (χ0n) is 11.9. The summed E-state index contributed by atoms with van der Waals surface area (Å²) in [5.74, 6) is 0.457. The first kappa shape index (κ1) is 14.9. The van der Waals surface area contributed by atoms with Gasteiger partial charge in [0.05, 0.1) is 16.6 Å². The number of H-pyrrole nitrogens is 1. The van der Waals surface area contributed by atoms with Crippen LogP contribution >= 0.6 is 0 Å². The number of aryl methyl sites for hydroxylation is 1. The van der Waals surface area contributed by atoms with E-state index >= 15 is 0 Å². The molecule has 0 saturated carbocycles. The molecule has 2 aromatic heterocycles. The summed E-state index contributed by atoms with van der Waals surface area (Å²) in [5.41, 5.74) is 1.08. The highest BCUT2D eigenvalue weighted by Crippen LogP contribution is 2.33. The van der Waals surface area contributed by atoms with Crippen molar-refractivity contribution in [2.24, 2.45) is 0 Å². The van der Waals surface area contributed by atoms with E-state index in [0.29, 0.717) is 22.2 Å². The van der Waals surface area contributed by atoms with E-state index in [1.165, 1.54) is 0 Å². The highest BCUT2D eigenvalue weighted by molar-refractivity contribution is 5.91. The molecule has 0 aliphatic heterocycles. The van der Waals surface area contributed by atoms with Gasteiger partial charge in [0.2, 0.25) is 5.88 Å². The highest BCUT2D eigenvalue weighted by atomic mass is 19.4. The third-order valence-corrected chi connectivity index (χ3v) is 3.29. The van der Waals surface area contributed by atoms with Gasteiger partial charge in [0, 0.05) is 23.3 Å². The second kappa shape index (κ2) is 5.32. The van der Waals surface area contributed by atoms with Gasteiger partial charge < -0.3 is 9.72 Å². The van der Waals surface area contributed by atoms with Crippen LogP contribution in [0.4, 0.5) is 13.2 Å². The van der Waals surface area contributed by atoms with Gasteiger partial charge in [-0.15, -0.1) is 0 Å². The van der Waals surface area contributed by atoms with Crippen molar-refractivity contribution in [2.45, 2.75) is 13.1 Å². The maximum atomic E-state index is 12.5. The Morgan fingerprint density at radius 1 is 1.22 bits per heavy atom. The Labute approximate surface area is 129 Å². The van der Waals surface area contributed by atoms with Crippen LogP contribution in [0.15, 0.2) is 36.5 Å². The lowest BCUT2D eigenvalue weighted by Gasteiger charge is -2.09. The molecule has 1 N–H and O–H groups in total. The second-order valence-corrected chi connectivity index (χ2v) is 4.95. The molecule has 0 atom stereocenters. The smallest absolute Gasteiger partial charge is 0.417 e. The quantitative estimate of drug-likeness (QED) is 0.754. The zero-order valence-corrected chi connectivity index (χ0v) is 11.9. The number of nitriles is 1. The first-order chi connectivity index (χ1) is 10.9. The van der Waals surface area contributed by atoms with Crippen molar-refractivity contribution in [3.63, 3.8) is 0 Å². The summed E-state index contributed by atoms with van der Waals surface area (Å²) in [6.07, 6.45) is -3.72. The van der Waals surface area contributed by atoms with Crippen molar-refractivity contribution >= 4 is 10.9 Å². The minimum Gasteiger partial charge on any atom is -0.438 e. The van der Waals surface area contributed by atoms with Crippen LogP contribution in [-0.2, 0) is 6.18 Å². The van der Waals surface area contributed by atoms with Gasteiger partial charge >= 0.3 is 6.18 Å². The summed E-state index contributed by atoms with van der Waals surface area (Å²) >= 11 is 0. The van der Waals surface area contributed by atoms with Gasteiger partial charge in [-0.3, -0.25) is 0 Å². The molecule has 0 unspecified atom stereocenters. The summed E-state index contributed by atoms with van der Waals surface area (Å²) < 4.78 is 43.1. The van der Waals surface area contributed by atoms with Gasteiger partial charge in [0.15, 0.2) is 0 Å². The van der Waals surface area contributed by atoms with E-state index in [-0.39, 0.29) is 5.88 Å². The summed E-state index contributed by atoms with van der Waals surface area (Å²) in [4.78, 5) is 6.74. The fraction of sp³-hybridized carbons (Fsp3) is 0.125. The summed E-state index contributed by atoms with van der Waals surface area (Å²) in [5, 5.41) is 9.77. The molecule has 3 rings (SSSR count). The fourth-order valence-electron chi connectivity index (χ4n) is 2.23. The predicted molar refractivity (Wildman–Crippen MR) is 77.1 cm³/mol. The number of rotatable bonds is 2. The SMILES string of the molecule is Cc1cc2c(Oc3ccc(C(F)(F)F)cn3)ccc(C#N)c2[nH]1. The number of nitrogens with zero attached hydrogens (tertiary/aromatic N) is 2. The van der Waals surface area contributed by atoms with E-state index < -0.39 is 11.7 Å². The lowest BCUT2D eigenvalue weighted by molar-refractivity contribution is -0.137. The lowest BCUT2D eigenvalue weighted by atomic mass is 10.1. The standard InChI is InChI=1S/C16H10F3N3O/c1-9-6-12-13(4-2-10(7-20)15(12)22-9)23-14-5-3-11(8-21-14)16(17,18)19/h2-6,8,22H,1H3. The third-order valence-electron chi connectivity index (χ3n) is 3.29. The minimum atomic E-state index is -4.44. The van der Waals surface area contributed by atoms with Gasteiger partial charge in [0.1, 0.15) is 11.8 Å². The number of aromatic nitrogens is 2. The van der Waals surface area contributed by atoms with E-state index in [9.17, 15) is 13.2 Å². The molecule has 2 heterocycles. The number of hydrogen-bond donors (Lipinski definition) is 1. The maximum Gasteiger partial charge on any atom is 0.417 e. The van der Waals surface area contributed by atoms with Crippen LogP contribution in [0.2, 0.25) is 0 Å². The van der Waals surface area contributed by atoms with Crippen LogP contribution in [0.25, 0.3) is 10.9 Å². The first-order valence-corrected chi connectivity index (χ1v) is 6.62. The molecule has 7 heteroatoms. The Morgan fingerprint density at radius 2 is 2.00 bits per heavy atom. The van der Waals surface area contributed by atoms with E-state index in [1.807, 2.05) is 6.92 Å². The molecule has 0 aliphatic carbocycles. The molecule has 0 fully saturated rings. The van der Waals surface area contributed by atoms with Crippen LogP contribution in [0, 0.1) is 18.3 Å². The van der Waals surface area contributed by atoms with Gasteiger partial charge in [-0.1, -0.05) is 0 Å². The third kappa shape index (κ3) is 2.83. The number of benzene rings is 1. The summed E-state index contributed by atoms with van der Waals surface area (Å²) in [7, 11) is 0. The zero-order chi connectivity index (χ0) is 16.6. The van der Waals surface area contributed by atoms with Gasteiger partial charge in [-0.25, -0.2) is 4.98 Å². The maximum absolute atomic E-state index is 12.5. The van der Waals surface area contributed by atoms with Crippen molar-refractivity contribution in [2.75, 3.05) is 0 Å². The molecule has 4 nitrogen and oxygen atoms in total. The van der Waals surface area contributed by atoms with Crippen molar-refractivity contribution in [1.29, 1.82) is 5.26 Å². The van der Waals surface area contributed by atoms with Gasteiger partial charge in [-0.2, -0.15) is 18.4 Å². The Balaban J connectivity index is 1.98. The number of nitrogens with one attached hydrogen (secondary N) is 1. The van der Waals surface area contributed by atoms with Crippen molar-refractivity contribution in [3.05, 3.63) is 53.3 Å². The van der Waals surface area contributed by atoms with Crippen molar-refractivity contribution < 1.29 is 17.9 Å². The molecule has 0 aliphatic rings. The molecule has 0 amide bonds. The topological polar surface area (TPSA) is 61.7 Å². The molecule has 0 radical (unpaired) electrons. The Hall–Kier alpha value is -3.01. The summed E-state index contributed by atoms with van der Waals surface area (Å²) in [6, 6.07) is 9.11. The van der Waals surface area contributed by atoms with Crippen LogP contribution in [0.1, 0.15) is 16.8 Å². The minimum absolute atomic E-state index is 0.0443. The number of ether oxygens (including phenoxy) is 1. The van der Waals surface area contributed by atoms with E-state index in [0.717, 1.165) is 24.0 Å². The lowest BCUT2D eigenvalue weighted by Crippen LogP contribution is -2.05. The second-order valence-electron chi connectivity index (χ2n) is 4.95.